The third-order valence-corrected chi connectivity index (χ3v) is 1.54. The van der Waals surface area contributed by atoms with E-state index in [9.17, 15) is 0 Å². The summed E-state index contributed by atoms with van der Waals surface area (Å²) in [6.07, 6.45) is 1.51. The molecule has 1 aromatic heterocycles. The van der Waals surface area contributed by atoms with E-state index in [4.69, 9.17) is 6.48 Å². The molecule has 0 aromatic carbocycles. The van der Waals surface area contributed by atoms with Gasteiger partial charge in [-0.15, -0.1) is 0 Å². The predicted octanol–water partition coefficient (Wildman–Crippen LogP) is 1.20. The van der Waals surface area contributed by atoms with Crippen molar-refractivity contribution in [2.75, 3.05) is 0 Å². The molecular formula is C8H14N2O. The second kappa shape index (κ2) is 2.66. The second-order valence-corrected chi connectivity index (χ2v) is 3.54. The highest BCUT2D eigenvalue weighted by atomic mass is 16.3. The number of hydrogen-bond acceptors (Lipinski definition) is 2. The summed E-state index contributed by atoms with van der Waals surface area (Å²) >= 11 is 0. The largest absolute Gasteiger partial charge is 0.390 e. The van der Waals surface area contributed by atoms with E-state index in [0.717, 1.165) is 5.69 Å². The minimum Gasteiger partial charge on any atom is -0.390 e. The average Bonchev–Trinajstić information content (AvgIpc) is 2.30. The fraction of sp³-hybridized carbons (Fsp3) is 0.625. The fourth-order valence-corrected chi connectivity index (χ4v) is 1.00. The van der Waals surface area contributed by atoms with E-state index in [1.54, 1.807) is 0 Å². The smallest absolute Gasteiger partial charge is 0.0926 e. The quantitative estimate of drug-likeness (QED) is 0.640. The van der Waals surface area contributed by atoms with Gasteiger partial charge >= 0.3 is 0 Å². The van der Waals surface area contributed by atoms with Crippen LogP contribution in [-0.4, -0.2) is 15.1 Å². The maximum absolute atomic E-state index is 9.04. The van der Waals surface area contributed by atoms with Crippen LogP contribution >= 0.6 is 0 Å². The van der Waals surface area contributed by atoms with Crippen LogP contribution in [0.3, 0.4) is 0 Å². The van der Waals surface area contributed by atoms with E-state index in [-0.39, 0.29) is 5.41 Å². The van der Waals surface area contributed by atoms with Crippen molar-refractivity contribution in [2.24, 2.45) is 0 Å². The monoisotopic (exact) mass is 155 g/mol. The van der Waals surface area contributed by atoms with Gasteiger partial charge in [0.25, 0.3) is 0 Å². The Morgan fingerprint density at radius 1 is 1.73 bits per heavy atom. The Kier molecular flexibility index (Phi) is 1.66. The van der Waals surface area contributed by atoms with Crippen LogP contribution in [0.2, 0.25) is 0 Å². The van der Waals surface area contributed by atoms with Gasteiger partial charge in [0.1, 0.15) is 0 Å². The fourth-order valence-electron chi connectivity index (χ4n) is 1.00. The number of aliphatic hydroxyl groups excluding tert-OH is 1. The molecule has 0 spiro atoms. The number of aromatic amines is 1. The molecule has 3 heteroatoms. The number of hydrogen-bond donors (Lipinski definition) is 2. The zero-order valence-electron chi connectivity index (χ0n) is 8.05. The van der Waals surface area contributed by atoms with Crippen LogP contribution in [0.5, 0.6) is 0 Å². The van der Waals surface area contributed by atoms with Crippen molar-refractivity contribution in [1.82, 2.24) is 9.97 Å². The maximum atomic E-state index is 9.04. The first-order valence-corrected chi connectivity index (χ1v) is 3.57. The Balaban J connectivity index is 3.08. The van der Waals surface area contributed by atoms with Gasteiger partial charge < -0.3 is 10.1 Å². The van der Waals surface area contributed by atoms with Crippen LogP contribution in [0.4, 0.5) is 0 Å². The Morgan fingerprint density at radius 2 is 2.36 bits per heavy atom. The lowest BCUT2D eigenvalue weighted by molar-refractivity contribution is 0.274. The molecule has 0 saturated carbocycles. The van der Waals surface area contributed by atoms with Crippen LogP contribution in [0, 0.1) is 0 Å². The van der Waals surface area contributed by atoms with Gasteiger partial charge in [-0.05, 0) is 0 Å². The number of rotatable bonds is 1. The molecule has 0 aliphatic rings. The Morgan fingerprint density at radius 3 is 2.73 bits per heavy atom. The maximum Gasteiger partial charge on any atom is 0.0926 e. The molecule has 62 valence electrons. The lowest BCUT2D eigenvalue weighted by atomic mass is 9.91. The van der Waals surface area contributed by atoms with Crippen LogP contribution < -0.4 is 0 Å². The lowest BCUT2D eigenvalue weighted by Crippen LogP contribution is -2.14. The Bertz CT molecular complexity index is 262. The normalized spacial score (nSPS) is 16.2. The molecular weight excluding hydrogens is 140 g/mol. The van der Waals surface area contributed by atoms with Crippen molar-refractivity contribution in [3.05, 3.63) is 17.7 Å². The molecule has 0 radical (unpaired) electrons. The standard InChI is InChI=1S/C8H14N2O/c1-8(2,3)7-6(4-11)9-5-10-7/h5,11H,4H2,1-3H3,(H,9,10)/i4D. The predicted molar refractivity (Wildman–Crippen MR) is 43.2 cm³/mol. The summed E-state index contributed by atoms with van der Waals surface area (Å²) < 4.78 is 7.13. The summed E-state index contributed by atoms with van der Waals surface area (Å²) in [7, 11) is 0. The third kappa shape index (κ3) is 1.60. The molecule has 0 bridgehead atoms. The number of nitrogens with one attached hydrogen (secondary N) is 1. The van der Waals surface area contributed by atoms with Crippen molar-refractivity contribution >= 4 is 0 Å². The van der Waals surface area contributed by atoms with Crippen LogP contribution in [-0.2, 0) is 12.0 Å². The number of nitrogens with zero attached hydrogens (tertiary/aromatic N) is 1. The summed E-state index contributed by atoms with van der Waals surface area (Å²) in [5.74, 6) is 0. The molecule has 2 N–H and O–H groups in total. The molecule has 3 nitrogen and oxygen atoms in total. The van der Waals surface area contributed by atoms with Gasteiger partial charge in [-0.3, -0.25) is 0 Å². The van der Waals surface area contributed by atoms with Crippen molar-refractivity contribution in [3.8, 4) is 0 Å². The third-order valence-electron chi connectivity index (χ3n) is 1.54. The highest BCUT2D eigenvalue weighted by Gasteiger charge is 2.19. The summed E-state index contributed by atoms with van der Waals surface area (Å²) in [6, 6.07) is 0. The minimum atomic E-state index is -1.24. The summed E-state index contributed by atoms with van der Waals surface area (Å²) in [6.45, 7) is 4.77. The van der Waals surface area contributed by atoms with Gasteiger partial charge in [0, 0.05) is 11.1 Å². The SMILES string of the molecule is [2H]C(O)c1nc[nH]c1C(C)(C)C. The van der Waals surface area contributed by atoms with E-state index in [0.29, 0.717) is 5.69 Å². The van der Waals surface area contributed by atoms with E-state index in [1.165, 1.54) is 6.33 Å². The number of aliphatic hydroxyl groups is 1. The average molecular weight is 155 g/mol. The van der Waals surface area contributed by atoms with Crippen molar-refractivity contribution in [1.29, 1.82) is 0 Å². The van der Waals surface area contributed by atoms with Crippen LogP contribution in [0.1, 0.15) is 33.5 Å². The lowest BCUT2D eigenvalue weighted by Gasteiger charge is -2.17. The minimum absolute atomic E-state index is 0.103. The zero-order valence-corrected chi connectivity index (χ0v) is 7.05. The van der Waals surface area contributed by atoms with Crippen molar-refractivity contribution in [2.45, 2.75) is 32.8 Å². The van der Waals surface area contributed by atoms with Gasteiger partial charge in [0.05, 0.1) is 20.0 Å². The van der Waals surface area contributed by atoms with Crippen molar-refractivity contribution < 1.29 is 6.48 Å². The molecule has 0 fully saturated rings. The van der Waals surface area contributed by atoms with Crippen molar-refractivity contribution in [3.63, 3.8) is 0 Å². The Hall–Kier alpha value is -0.830. The van der Waals surface area contributed by atoms with Gasteiger partial charge in [-0.2, -0.15) is 0 Å². The topological polar surface area (TPSA) is 48.9 Å². The molecule has 1 atom stereocenters. The zero-order chi connectivity index (χ0) is 9.35. The summed E-state index contributed by atoms with van der Waals surface area (Å²) in [5, 5.41) is 9.04. The van der Waals surface area contributed by atoms with Crippen LogP contribution in [0.15, 0.2) is 6.33 Å². The van der Waals surface area contributed by atoms with Crippen LogP contribution in [0.25, 0.3) is 0 Å². The summed E-state index contributed by atoms with van der Waals surface area (Å²) in [5.41, 5.74) is 1.14. The molecule has 0 aliphatic carbocycles. The molecule has 1 unspecified atom stereocenters. The highest BCUT2D eigenvalue weighted by Crippen LogP contribution is 2.22. The van der Waals surface area contributed by atoms with E-state index in [2.05, 4.69) is 9.97 Å². The molecule has 0 amide bonds. The van der Waals surface area contributed by atoms with Gasteiger partial charge in [-0.1, -0.05) is 20.8 Å². The van der Waals surface area contributed by atoms with E-state index < -0.39 is 6.58 Å². The van der Waals surface area contributed by atoms with Gasteiger partial charge in [-0.25, -0.2) is 4.98 Å². The second-order valence-electron chi connectivity index (χ2n) is 3.54. The molecule has 1 rings (SSSR count). The van der Waals surface area contributed by atoms with E-state index in [1.807, 2.05) is 20.8 Å². The molecule has 0 saturated heterocycles. The number of imidazole rings is 1. The molecule has 0 aliphatic heterocycles. The number of H-pyrrole nitrogens is 1. The molecule has 1 aromatic rings. The summed E-state index contributed by atoms with van der Waals surface area (Å²) in [4.78, 5) is 6.83. The molecule has 11 heavy (non-hydrogen) atoms. The Labute approximate surface area is 67.9 Å². The first-order valence-electron chi connectivity index (χ1n) is 4.14. The molecule has 1 heterocycles. The van der Waals surface area contributed by atoms with E-state index >= 15 is 0 Å². The first kappa shape index (κ1) is 6.85. The first-order chi connectivity index (χ1) is 5.43. The van der Waals surface area contributed by atoms with Gasteiger partial charge in [0.2, 0.25) is 0 Å². The van der Waals surface area contributed by atoms with Gasteiger partial charge in [0.15, 0.2) is 0 Å². The number of aromatic nitrogens is 2. The highest BCUT2D eigenvalue weighted by molar-refractivity contribution is 5.18.